The van der Waals surface area contributed by atoms with Crippen molar-refractivity contribution >= 4 is 24.1 Å². The number of ether oxygens (including phenoxy) is 6. The van der Waals surface area contributed by atoms with Gasteiger partial charge in [-0.3, -0.25) is 0 Å². The molecule has 0 bridgehead atoms. The van der Waals surface area contributed by atoms with Crippen LogP contribution >= 0.6 is 0 Å². The number of carboxylic acids is 2. The third-order valence-electron chi connectivity index (χ3n) is 4.20. The van der Waals surface area contributed by atoms with Crippen molar-refractivity contribution in [1.82, 2.24) is 0 Å². The van der Waals surface area contributed by atoms with Gasteiger partial charge in [0.05, 0.1) is 54.6 Å². The van der Waals surface area contributed by atoms with Crippen LogP contribution in [0.4, 0.5) is 0 Å². The smallest absolute Gasteiger partial charge is 0.545 e. The van der Waals surface area contributed by atoms with E-state index in [1.54, 1.807) is 24.3 Å². The Morgan fingerprint density at radius 1 is 0.571 bits per heavy atom. The molecule has 0 radical (unpaired) electrons. The van der Waals surface area contributed by atoms with Crippen molar-refractivity contribution in [1.29, 1.82) is 0 Å². The average Bonchev–Trinajstić information content (AvgIpc) is 2.84. The van der Waals surface area contributed by atoms with Crippen LogP contribution in [0.15, 0.2) is 36.4 Å². The molecule has 0 saturated heterocycles. The van der Waals surface area contributed by atoms with Crippen molar-refractivity contribution in [2.24, 2.45) is 0 Å². The van der Waals surface area contributed by atoms with E-state index in [1.165, 1.54) is 54.8 Å². The Morgan fingerprint density at radius 3 is 1.00 bits per heavy atom. The van der Waals surface area contributed by atoms with Crippen LogP contribution in [0.2, 0.25) is 0 Å². The van der Waals surface area contributed by atoms with Crippen LogP contribution in [0.3, 0.4) is 0 Å². The first kappa shape index (κ1) is 31.3. The summed E-state index contributed by atoms with van der Waals surface area (Å²) in [5.74, 6) is 0.239. The van der Waals surface area contributed by atoms with E-state index in [0.29, 0.717) is 45.6 Å². The zero-order valence-corrected chi connectivity index (χ0v) is 23.4. The molecule has 0 unspecified atom stereocenters. The number of carboxylic acid groups (broad SMARTS) is 2. The first-order valence-electron chi connectivity index (χ1n) is 9.62. The van der Waals surface area contributed by atoms with Gasteiger partial charge >= 0.3 is 19.5 Å². The summed E-state index contributed by atoms with van der Waals surface area (Å²) in [6.45, 7) is 0. The van der Waals surface area contributed by atoms with Gasteiger partial charge in [-0.25, -0.2) is 0 Å². The summed E-state index contributed by atoms with van der Waals surface area (Å²) in [7, 11) is 8.95. The first-order valence-corrected chi connectivity index (χ1v) is 9.62. The van der Waals surface area contributed by atoms with Crippen LogP contribution in [0, 0.1) is 0 Å². The number of hydrogen-bond donors (Lipinski definition) is 0. The molecule has 0 aromatic heterocycles. The molecule has 0 atom stereocenters. The third-order valence-corrected chi connectivity index (χ3v) is 4.20. The van der Waals surface area contributed by atoms with Crippen molar-refractivity contribution in [3.05, 3.63) is 47.5 Å². The molecule has 0 heterocycles. The molecule has 0 saturated carbocycles. The molecule has 184 valence electrons. The van der Waals surface area contributed by atoms with Gasteiger partial charge in [-0.2, -0.15) is 0 Å². The van der Waals surface area contributed by atoms with E-state index in [-0.39, 0.29) is 19.5 Å². The van der Waals surface area contributed by atoms with Crippen molar-refractivity contribution in [3.8, 4) is 34.5 Å². The maximum Gasteiger partial charge on any atom is 2.00 e. The number of carbonyl (C=O) groups is 2. The molecule has 2 aromatic rings. The van der Waals surface area contributed by atoms with Crippen LogP contribution < -0.4 is 38.6 Å². The van der Waals surface area contributed by atoms with Crippen molar-refractivity contribution in [2.75, 3.05) is 42.7 Å². The Bertz CT molecular complexity index is 913. The summed E-state index contributed by atoms with van der Waals surface area (Å²) < 4.78 is 30.8. The molecule has 0 aliphatic heterocycles. The van der Waals surface area contributed by atoms with Crippen LogP contribution in [0.5, 0.6) is 34.5 Å². The number of methoxy groups -OCH3 is 6. The van der Waals surface area contributed by atoms with Crippen molar-refractivity contribution in [3.63, 3.8) is 0 Å². The van der Waals surface area contributed by atoms with E-state index < -0.39 is 11.9 Å². The van der Waals surface area contributed by atoms with Crippen LogP contribution in [-0.4, -0.2) is 54.6 Å². The fourth-order valence-corrected chi connectivity index (χ4v) is 2.72. The molecule has 0 spiro atoms. The molecule has 0 N–H and O–H groups in total. The van der Waals surface area contributed by atoms with Gasteiger partial charge in [0.1, 0.15) is 0 Å². The normalized spacial score (nSPS) is 10.0. The van der Waals surface area contributed by atoms with Gasteiger partial charge in [0.15, 0.2) is 23.0 Å². The topological polar surface area (TPSA) is 136 Å². The minimum absolute atomic E-state index is 0. The predicted molar refractivity (Wildman–Crippen MR) is 120 cm³/mol. The van der Waals surface area contributed by atoms with E-state index >= 15 is 0 Å². The molecule has 0 amide bonds. The van der Waals surface area contributed by atoms with Crippen molar-refractivity contribution in [2.45, 2.75) is 0 Å². The van der Waals surface area contributed by atoms with E-state index in [9.17, 15) is 19.8 Å². The zero-order valence-electron chi connectivity index (χ0n) is 20.4. The predicted octanol–water partition coefficient (Wildman–Crippen LogP) is 0.949. The fourth-order valence-electron chi connectivity index (χ4n) is 2.72. The molecule has 2 rings (SSSR count). The summed E-state index contributed by atoms with van der Waals surface area (Å²) in [4.78, 5) is 20.6. The molecule has 0 aliphatic carbocycles. The van der Waals surface area contributed by atoms with Crippen LogP contribution in [0.25, 0.3) is 12.2 Å². The van der Waals surface area contributed by atoms with E-state index in [0.717, 1.165) is 12.2 Å². The van der Waals surface area contributed by atoms with Gasteiger partial charge in [-0.15, -0.1) is 0 Å². The SMILES string of the molecule is COc1cc(C=CC(=O)[O-])cc(OC)c1OC.COc1cc(C=CC(=O)[O-])cc(OC)c1OC.[Zn+2]. The minimum Gasteiger partial charge on any atom is -0.545 e. The number of hydrogen-bond acceptors (Lipinski definition) is 10. The second-order valence-corrected chi connectivity index (χ2v) is 6.22. The van der Waals surface area contributed by atoms with E-state index in [2.05, 4.69) is 0 Å². The first-order chi connectivity index (χ1) is 16.2. The summed E-state index contributed by atoms with van der Waals surface area (Å²) in [6.07, 6.45) is 4.64. The van der Waals surface area contributed by atoms with Crippen molar-refractivity contribution < 1.29 is 67.7 Å². The van der Waals surface area contributed by atoms with Gasteiger partial charge in [0.2, 0.25) is 11.5 Å². The molecule has 35 heavy (non-hydrogen) atoms. The summed E-state index contributed by atoms with van der Waals surface area (Å²) in [6, 6.07) is 6.56. The van der Waals surface area contributed by atoms with Crippen LogP contribution in [-0.2, 0) is 29.1 Å². The van der Waals surface area contributed by atoms with E-state index in [4.69, 9.17) is 28.4 Å². The Labute approximate surface area is 216 Å². The Balaban J connectivity index is 0.000000642. The molecule has 0 aliphatic rings. The minimum atomic E-state index is -1.27. The maximum absolute atomic E-state index is 10.3. The van der Waals surface area contributed by atoms with Gasteiger partial charge in [-0.1, -0.05) is 12.2 Å². The van der Waals surface area contributed by atoms with E-state index in [1.807, 2.05) is 0 Å². The Hall–Kier alpha value is -3.72. The standard InChI is InChI=1S/2C12H14O5.Zn/c2*1-15-9-6-8(4-5-11(13)14)7-10(16-2)12(9)17-3;/h2*4-7H,1-3H3,(H,13,14);/q;;+2/p-2. The van der Waals surface area contributed by atoms with Crippen LogP contribution in [0.1, 0.15) is 11.1 Å². The Kier molecular flexibility index (Phi) is 14.3. The zero-order chi connectivity index (χ0) is 25.7. The molecular formula is C24H26O10Zn. The molecule has 11 heteroatoms. The van der Waals surface area contributed by atoms with Gasteiger partial charge in [-0.05, 0) is 47.5 Å². The Morgan fingerprint density at radius 2 is 0.829 bits per heavy atom. The largest absolute Gasteiger partial charge is 2.00 e. The number of rotatable bonds is 10. The van der Waals surface area contributed by atoms with Gasteiger partial charge < -0.3 is 48.2 Å². The summed E-state index contributed by atoms with van der Waals surface area (Å²) in [5, 5.41) is 20.6. The molecule has 0 fully saturated rings. The third kappa shape index (κ3) is 9.58. The molecule has 10 nitrogen and oxygen atoms in total. The monoisotopic (exact) mass is 538 g/mol. The molecular weight excluding hydrogens is 514 g/mol. The van der Waals surface area contributed by atoms with Gasteiger partial charge in [0, 0.05) is 0 Å². The summed E-state index contributed by atoms with van der Waals surface area (Å²) in [5.41, 5.74) is 1.23. The molecule has 2 aromatic carbocycles. The fraction of sp³-hybridized carbons (Fsp3) is 0.250. The number of carbonyl (C=O) groups excluding carboxylic acids is 2. The maximum atomic E-state index is 10.3. The number of benzene rings is 2. The van der Waals surface area contributed by atoms with Gasteiger partial charge in [0.25, 0.3) is 0 Å². The quantitative estimate of drug-likeness (QED) is 0.317. The second kappa shape index (κ2) is 16.0. The number of aliphatic carboxylic acids is 2. The second-order valence-electron chi connectivity index (χ2n) is 6.22. The average molecular weight is 540 g/mol. The summed E-state index contributed by atoms with van der Waals surface area (Å²) >= 11 is 0.